The van der Waals surface area contributed by atoms with Crippen LogP contribution in [0.5, 0.6) is 0 Å². The molecule has 0 saturated carbocycles. The fourth-order valence-electron chi connectivity index (χ4n) is 0.228. The molecule has 0 aromatic heterocycles. The molecular formula is C4H12N2O2. The van der Waals surface area contributed by atoms with Crippen LogP contribution in [0.2, 0.25) is 0 Å². The largest absolute Gasteiger partial charge is 0.348 e. The van der Waals surface area contributed by atoms with Crippen LogP contribution in [0.4, 0.5) is 0 Å². The number of amides is 1. The summed E-state index contributed by atoms with van der Waals surface area (Å²) in [6.07, 6.45) is 0.605. The van der Waals surface area contributed by atoms with E-state index in [0.717, 1.165) is 0 Å². The average molecular weight is 120 g/mol. The molecule has 0 aromatic rings. The molecule has 0 bridgehead atoms. The van der Waals surface area contributed by atoms with Gasteiger partial charge in [0, 0.05) is 2.85 Å². The van der Waals surface area contributed by atoms with Gasteiger partial charge in [-0.05, 0) is 0 Å². The van der Waals surface area contributed by atoms with E-state index < -0.39 is 0 Å². The maximum absolute atomic E-state index is 10.2. The van der Waals surface area contributed by atoms with Crippen molar-refractivity contribution in [1.29, 1.82) is 0 Å². The third-order valence-electron chi connectivity index (χ3n) is 0.568. The normalized spacial score (nSPS) is 8.12. The first-order valence-electron chi connectivity index (χ1n) is 2.21. The Kier molecular flexibility index (Phi) is 3.78. The Labute approximate surface area is 50.0 Å². The van der Waals surface area contributed by atoms with Gasteiger partial charge in [0.2, 0.25) is 5.91 Å². The van der Waals surface area contributed by atoms with Crippen molar-refractivity contribution in [3.05, 3.63) is 0 Å². The lowest BCUT2D eigenvalue weighted by Gasteiger charge is -1.93. The van der Waals surface area contributed by atoms with Gasteiger partial charge in [0.05, 0.1) is 13.1 Å². The zero-order valence-corrected chi connectivity index (χ0v) is 4.39. The summed E-state index contributed by atoms with van der Waals surface area (Å²) in [6, 6.07) is 0. The van der Waals surface area contributed by atoms with Crippen LogP contribution in [0.3, 0.4) is 0 Å². The zero-order chi connectivity index (χ0) is 6.41. The quantitative estimate of drug-likeness (QED) is 0.457. The van der Waals surface area contributed by atoms with Gasteiger partial charge in [-0.15, -0.1) is 0 Å². The highest BCUT2D eigenvalue weighted by Gasteiger charge is 1.91. The Morgan fingerprint density at radius 1 is 1.88 bits per heavy atom. The number of aldehydes is 1. The second-order valence-electron chi connectivity index (χ2n) is 1.17. The summed E-state index contributed by atoms with van der Waals surface area (Å²) in [7, 11) is 0. The van der Waals surface area contributed by atoms with Gasteiger partial charge in [0.15, 0.2) is 0 Å². The monoisotopic (exact) mass is 120 g/mol. The Morgan fingerprint density at radius 2 is 2.50 bits per heavy atom. The number of carbonyl (C=O) groups is 2. The lowest BCUT2D eigenvalue weighted by molar-refractivity contribution is -0.121. The molecular weight excluding hydrogens is 108 g/mol. The average Bonchev–Trinajstić information content (AvgIpc) is 1.83. The number of nitrogens with two attached hydrogens (primary N) is 1. The van der Waals surface area contributed by atoms with Gasteiger partial charge in [-0.25, -0.2) is 0 Å². The summed E-state index contributed by atoms with van der Waals surface area (Å²) in [4.78, 5) is 19.7. The van der Waals surface area contributed by atoms with E-state index in [4.69, 9.17) is 5.73 Å². The highest BCUT2D eigenvalue weighted by Crippen LogP contribution is 1.53. The lowest BCUT2D eigenvalue weighted by Crippen LogP contribution is -2.31. The maximum Gasteiger partial charge on any atom is 0.234 e. The van der Waals surface area contributed by atoms with Gasteiger partial charge < -0.3 is 15.8 Å². The third-order valence-corrected chi connectivity index (χ3v) is 0.568. The highest BCUT2D eigenvalue weighted by molar-refractivity contribution is 5.79. The molecule has 4 nitrogen and oxygen atoms in total. The molecule has 0 saturated heterocycles. The number of hydrogen-bond acceptors (Lipinski definition) is 3. The van der Waals surface area contributed by atoms with Crippen LogP contribution in [-0.4, -0.2) is 25.3 Å². The van der Waals surface area contributed by atoms with Crippen molar-refractivity contribution in [2.45, 2.75) is 0 Å². The molecule has 3 N–H and O–H groups in total. The van der Waals surface area contributed by atoms with Crippen LogP contribution in [0.25, 0.3) is 0 Å². The lowest BCUT2D eigenvalue weighted by atomic mass is 10.6. The second-order valence-corrected chi connectivity index (χ2v) is 1.17. The predicted molar refractivity (Wildman–Crippen MR) is 32.4 cm³/mol. The molecule has 1 amide bonds. The zero-order valence-electron chi connectivity index (χ0n) is 4.39. The van der Waals surface area contributed by atoms with Crippen LogP contribution in [-0.2, 0) is 9.59 Å². The molecule has 0 unspecified atom stereocenters. The van der Waals surface area contributed by atoms with E-state index in [0.29, 0.717) is 6.29 Å². The molecule has 0 rings (SSSR count). The number of hydrogen-bond donors (Lipinski definition) is 2. The molecule has 4 heteroatoms. The summed E-state index contributed by atoms with van der Waals surface area (Å²) >= 11 is 0. The third kappa shape index (κ3) is 3.30. The molecule has 0 atom stereocenters. The molecule has 50 valence electrons. The van der Waals surface area contributed by atoms with Gasteiger partial charge in [0.25, 0.3) is 0 Å². The molecule has 0 heterocycles. The van der Waals surface area contributed by atoms with Crippen molar-refractivity contribution in [2.24, 2.45) is 5.73 Å². The molecule has 0 aliphatic heterocycles. The van der Waals surface area contributed by atoms with Gasteiger partial charge in [-0.3, -0.25) is 4.79 Å². The minimum atomic E-state index is -0.308. The van der Waals surface area contributed by atoms with Crippen molar-refractivity contribution in [3.8, 4) is 0 Å². The van der Waals surface area contributed by atoms with Crippen LogP contribution in [0, 0.1) is 0 Å². The Morgan fingerprint density at radius 3 is 2.88 bits per heavy atom. The number of nitrogens with one attached hydrogen (secondary N) is 1. The fraction of sp³-hybridized carbons (Fsp3) is 0.500. The summed E-state index contributed by atoms with van der Waals surface area (Å²) in [6.45, 7) is -0.0100. The fourth-order valence-corrected chi connectivity index (χ4v) is 0.228. The van der Waals surface area contributed by atoms with E-state index >= 15 is 0 Å². The first kappa shape index (κ1) is 7.10. The Hall–Kier alpha value is -0.900. The molecule has 0 aliphatic carbocycles. The van der Waals surface area contributed by atoms with E-state index in [1.54, 1.807) is 0 Å². The van der Waals surface area contributed by atoms with E-state index in [9.17, 15) is 9.59 Å². The van der Waals surface area contributed by atoms with Crippen LogP contribution < -0.4 is 11.1 Å². The minimum Gasteiger partial charge on any atom is -0.348 e. The van der Waals surface area contributed by atoms with E-state index in [1.165, 1.54) is 0 Å². The summed E-state index contributed by atoms with van der Waals surface area (Å²) < 4.78 is 0. The van der Waals surface area contributed by atoms with E-state index in [2.05, 4.69) is 5.32 Å². The van der Waals surface area contributed by atoms with Crippen LogP contribution in [0.15, 0.2) is 0 Å². The molecule has 8 heavy (non-hydrogen) atoms. The van der Waals surface area contributed by atoms with Crippen molar-refractivity contribution in [1.82, 2.24) is 5.32 Å². The summed E-state index contributed by atoms with van der Waals surface area (Å²) in [5.41, 5.74) is 4.88. The van der Waals surface area contributed by atoms with Gasteiger partial charge in [-0.1, -0.05) is 0 Å². The van der Waals surface area contributed by atoms with Gasteiger partial charge >= 0.3 is 0 Å². The number of rotatable bonds is 3. The SMILES string of the molecule is NCC(=O)NCC=O.[HH].[HH]. The van der Waals surface area contributed by atoms with Crippen molar-refractivity contribution < 1.29 is 12.4 Å². The Balaban J connectivity index is -0.000000245. The second kappa shape index (κ2) is 4.26. The first-order chi connectivity index (χ1) is 3.81. The molecule has 0 aliphatic rings. The molecule has 0 spiro atoms. The van der Waals surface area contributed by atoms with Crippen molar-refractivity contribution in [3.63, 3.8) is 0 Å². The maximum atomic E-state index is 10.2. The predicted octanol–water partition coefficient (Wildman–Crippen LogP) is -1.25. The smallest absolute Gasteiger partial charge is 0.234 e. The van der Waals surface area contributed by atoms with Gasteiger partial charge in [-0.2, -0.15) is 0 Å². The van der Waals surface area contributed by atoms with Crippen LogP contribution in [0.1, 0.15) is 2.85 Å². The number of carbonyl (C=O) groups excluding carboxylic acids is 2. The molecule has 0 fully saturated rings. The van der Waals surface area contributed by atoms with Crippen molar-refractivity contribution in [2.75, 3.05) is 13.1 Å². The molecule has 0 aromatic carbocycles. The topological polar surface area (TPSA) is 72.2 Å². The standard InChI is InChI=1S/C4H8N2O2.2H2/c5-3-4(8)6-1-2-7;;/h2H,1,3,5H2,(H,6,8);2*1H. The highest BCUT2D eigenvalue weighted by atomic mass is 16.2. The summed E-state index contributed by atoms with van der Waals surface area (Å²) in [5.74, 6) is -0.308. The first-order valence-corrected chi connectivity index (χ1v) is 2.21. The van der Waals surface area contributed by atoms with E-state index in [1.807, 2.05) is 0 Å². The summed E-state index contributed by atoms with van der Waals surface area (Å²) in [5, 5.41) is 2.25. The Bertz CT molecular complexity index is 99.3. The van der Waals surface area contributed by atoms with Gasteiger partial charge in [0.1, 0.15) is 6.29 Å². The molecule has 0 radical (unpaired) electrons. The van der Waals surface area contributed by atoms with Crippen molar-refractivity contribution >= 4 is 12.2 Å². The minimum absolute atomic E-state index is 0. The van der Waals surface area contributed by atoms with E-state index in [-0.39, 0.29) is 21.8 Å². The van der Waals surface area contributed by atoms with Crippen LogP contribution >= 0.6 is 0 Å².